The lowest BCUT2D eigenvalue weighted by atomic mass is 10.0. The molecule has 1 amide bonds. The zero-order chi connectivity index (χ0) is 14.7. The molecule has 104 valence electrons. The van der Waals surface area contributed by atoms with Crippen LogP contribution in [0.4, 0.5) is 13.2 Å². The summed E-state index contributed by atoms with van der Waals surface area (Å²) in [7, 11) is 0. The van der Waals surface area contributed by atoms with Crippen molar-refractivity contribution in [3.63, 3.8) is 0 Å². The van der Waals surface area contributed by atoms with Gasteiger partial charge in [-0.05, 0) is 26.0 Å². The number of carboxylic acid groups (broad SMARTS) is 1. The summed E-state index contributed by atoms with van der Waals surface area (Å²) in [5.74, 6) is -7.80. The molecule has 1 aromatic carbocycles. The number of amides is 1. The summed E-state index contributed by atoms with van der Waals surface area (Å²) in [6, 6.07) is 0.623. The summed E-state index contributed by atoms with van der Waals surface area (Å²) in [6.07, 6.45) is 0. The molecule has 0 fully saturated rings. The Morgan fingerprint density at radius 1 is 1.16 bits per heavy atom. The molecule has 2 unspecified atom stereocenters. The van der Waals surface area contributed by atoms with Gasteiger partial charge in [0.15, 0.2) is 17.5 Å². The van der Waals surface area contributed by atoms with Crippen LogP contribution in [0.1, 0.15) is 24.2 Å². The number of benzene rings is 1. The minimum Gasteiger partial charge on any atom is -0.481 e. The largest absolute Gasteiger partial charge is 0.481 e. The Bertz CT molecular complexity index is 519. The van der Waals surface area contributed by atoms with Gasteiger partial charge in [-0.2, -0.15) is 0 Å². The molecule has 0 aromatic heterocycles. The summed E-state index contributed by atoms with van der Waals surface area (Å²) in [4.78, 5) is 22.3. The highest BCUT2D eigenvalue weighted by atomic mass is 19.2. The van der Waals surface area contributed by atoms with E-state index in [9.17, 15) is 22.8 Å². The number of carbonyl (C=O) groups excluding carboxylic acids is 1. The predicted molar refractivity (Wildman–Crippen MR) is 60.0 cm³/mol. The number of aliphatic carboxylic acids is 1. The second-order valence-electron chi connectivity index (χ2n) is 4.11. The van der Waals surface area contributed by atoms with Crippen LogP contribution in [0, 0.1) is 23.4 Å². The molecule has 2 N–H and O–H groups in total. The van der Waals surface area contributed by atoms with Gasteiger partial charge in [0.1, 0.15) is 0 Å². The third kappa shape index (κ3) is 3.24. The number of hydrogen-bond donors (Lipinski definition) is 2. The van der Waals surface area contributed by atoms with E-state index >= 15 is 0 Å². The van der Waals surface area contributed by atoms with E-state index in [4.69, 9.17) is 5.11 Å². The molecule has 0 spiro atoms. The molecule has 0 saturated carbocycles. The average molecular weight is 275 g/mol. The first-order valence-electron chi connectivity index (χ1n) is 5.42. The van der Waals surface area contributed by atoms with Crippen molar-refractivity contribution < 1.29 is 27.9 Å². The quantitative estimate of drug-likeness (QED) is 0.825. The highest BCUT2D eigenvalue weighted by molar-refractivity contribution is 5.95. The number of rotatable bonds is 4. The molecule has 0 aliphatic rings. The minimum atomic E-state index is -1.74. The zero-order valence-corrected chi connectivity index (χ0v) is 10.2. The molecule has 4 nitrogen and oxygen atoms in total. The summed E-state index contributed by atoms with van der Waals surface area (Å²) in [5.41, 5.74) is -0.677. The fourth-order valence-electron chi connectivity index (χ4n) is 1.32. The Hall–Kier alpha value is -2.05. The van der Waals surface area contributed by atoms with Crippen molar-refractivity contribution in [2.45, 2.75) is 19.9 Å². The van der Waals surface area contributed by atoms with Crippen molar-refractivity contribution in [1.29, 1.82) is 0 Å². The second kappa shape index (κ2) is 5.73. The number of halogens is 3. The van der Waals surface area contributed by atoms with Gasteiger partial charge in [0.2, 0.25) is 0 Å². The Morgan fingerprint density at radius 3 is 2.26 bits per heavy atom. The van der Waals surface area contributed by atoms with Crippen LogP contribution in [0.5, 0.6) is 0 Å². The summed E-state index contributed by atoms with van der Waals surface area (Å²) >= 11 is 0. The highest BCUT2D eigenvalue weighted by Crippen LogP contribution is 2.15. The molecule has 1 aromatic rings. The first-order chi connectivity index (χ1) is 8.75. The molecule has 0 bridgehead atoms. The number of nitrogens with one attached hydrogen (secondary N) is 1. The Labute approximate surface area is 107 Å². The maximum Gasteiger partial charge on any atom is 0.308 e. The number of carboxylic acids is 1. The molecule has 0 radical (unpaired) electrons. The predicted octanol–water partition coefficient (Wildman–Crippen LogP) is 1.94. The minimum absolute atomic E-state index is 0.624. The zero-order valence-electron chi connectivity index (χ0n) is 10.2. The SMILES string of the molecule is CC(NC(=O)c1ccc(F)c(F)c1F)C(C)C(=O)O. The van der Waals surface area contributed by atoms with Gasteiger partial charge >= 0.3 is 5.97 Å². The molecule has 0 aliphatic heterocycles. The molecule has 0 saturated heterocycles. The Balaban J connectivity index is 2.91. The monoisotopic (exact) mass is 275 g/mol. The Kier molecular flexibility index (Phi) is 4.52. The van der Waals surface area contributed by atoms with E-state index in [-0.39, 0.29) is 0 Å². The van der Waals surface area contributed by atoms with Crippen LogP contribution in [0.2, 0.25) is 0 Å². The first kappa shape index (κ1) is 15.0. The van der Waals surface area contributed by atoms with Crippen LogP contribution in [-0.4, -0.2) is 23.0 Å². The number of hydrogen-bond acceptors (Lipinski definition) is 2. The van der Waals surface area contributed by atoms with E-state index in [0.717, 1.165) is 6.07 Å². The standard InChI is InChI=1S/C12H12F3NO3/c1-5(12(18)19)6(2)16-11(17)7-3-4-8(13)10(15)9(7)14/h3-6H,1-2H3,(H,16,17)(H,18,19). The van der Waals surface area contributed by atoms with Crippen LogP contribution in [0.25, 0.3) is 0 Å². The molecular weight excluding hydrogens is 263 g/mol. The van der Waals surface area contributed by atoms with Crippen LogP contribution < -0.4 is 5.32 Å². The van der Waals surface area contributed by atoms with Crippen LogP contribution >= 0.6 is 0 Å². The highest BCUT2D eigenvalue weighted by Gasteiger charge is 2.24. The molecular formula is C12H12F3NO3. The van der Waals surface area contributed by atoms with Gasteiger partial charge in [-0.1, -0.05) is 0 Å². The van der Waals surface area contributed by atoms with Crippen molar-refractivity contribution in [1.82, 2.24) is 5.32 Å². The van der Waals surface area contributed by atoms with E-state index < -0.39 is 46.9 Å². The van der Waals surface area contributed by atoms with Gasteiger partial charge in [0.25, 0.3) is 5.91 Å². The number of carbonyl (C=O) groups is 2. The smallest absolute Gasteiger partial charge is 0.308 e. The maximum absolute atomic E-state index is 13.3. The van der Waals surface area contributed by atoms with E-state index in [1.54, 1.807) is 0 Å². The van der Waals surface area contributed by atoms with Crippen LogP contribution in [-0.2, 0) is 4.79 Å². The van der Waals surface area contributed by atoms with Crippen molar-refractivity contribution in [2.75, 3.05) is 0 Å². The van der Waals surface area contributed by atoms with Gasteiger partial charge in [-0.15, -0.1) is 0 Å². The third-order valence-corrected chi connectivity index (χ3v) is 2.78. The van der Waals surface area contributed by atoms with Crippen molar-refractivity contribution in [3.8, 4) is 0 Å². The topological polar surface area (TPSA) is 66.4 Å². The van der Waals surface area contributed by atoms with E-state index in [1.165, 1.54) is 13.8 Å². The van der Waals surface area contributed by atoms with Crippen molar-refractivity contribution in [3.05, 3.63) is 35.1 Å². The van der Waals surface area contributed by atoms with Gasteiger partial charge in [0.05, 0.1) is 11.5 Å². The average Bonchev–Trinajstić information content (AvgIpc) is 2.34. The Morgan fingerprint density at radius 2 is 1.74 bits per heavy atom. The molecule has 0 heterocycles. The summed E-state index contributed by atoms with van der Waals surface area (Å²) in [5, 5.41) is 11.0. The maximum atomic E-state index is 13.3. The first-order valence-corrected chi connectivity index (χ1v) is 5.42. The van der Waals surface area contributed by atoms with Crippen molar-refractivity contribution in [2.24, 2.45) is 5.92 Å². The third-order valence-electron chi connectivity index (χ3n) is 2.78. The normalized spacial score (nSPS) is 13.7. The fourth-order valence-corrected chi connectivity index (χ4v) is 1.32. The van der Waals surface area contributed by atoms with Crippen molar-refractivity contribution >= 4 is 11.9 Å². The van der Waals surface area contributed by atoms with E-state index in [2.05, 4.69) is 5.32 Å². The van der Waals surface area contributed by atoms with E-state index in [0.29, 0.717) is 6.07 Å². The molecule has 2 atom stereocenters. The van der Waals surface area contributed by atoms with Crippen LogP contribution in [0.3, 0.4) is 0 Å². The van der Waals surface area contributed by atoms with Gasteiger partial charge in [-0.25, -0.2) is 13.2 Å². The lowest BCUT2D eigenvalue weighted by molar-refractivity contribution is -0.141. The van der Waals surface area contributed by atoms with Gasteiger partial charge in [0, 0.05) is 6.04 Å². The fraction of sp³-hybridized carbons (Fsp3) is 0.333. The lowest BCUT2D eigenvalue weighted by Crippen LogP contribution is -2.40. The van der Waals surface area contributed by atoms with Crippen LogP contribution in [0.15, 0.2) is 12.1 Å². The summed E-state index contributed by atoms with van der Waals surface area (Å²) in [6.45, 7) is 2.77. The second-order valence-corrected chi connectivity index (χ2v) is 4.11. The van der Waals surface area contributed by atoms with Gasteiger partial charge in [-0.3, -0.25) is 9.59 Å². The van der Waals surface area contributed by atoms with E-state index in [1.807, 2.05) is 0 Å². The molecule has 19 heavy (non-hydrogen) atoms. The van der Waals surface area contributed by atoms with Gasteiger partial charge < -0.3 is 10.4 Å². The lowest BCUT2D eigenvalue weighted by Gasteiger charge is -2.18. The summed E-state index contributed by atoms with van der Waals surface area (Å²) < 4.78 is 39.0. The molecule has 0 aliphatic carbocycles. The molecule has 1 rings (SSSR count). The molecule has 7 heteroatoms.